The van der Waals surface area contributed by atoms with Gasteiger partial charge >= 0.3 is 0 Å². The molecule has 2 aromatic heterocycles. The van der Waals surface area contributed by atoms with Crippen molar-refractivity contribution in [1.82, 2.24) is 24.5 Å². The maximum Gasteiger partial charge on any atom is 0.224 e. The van der Waals surface area contributed by atoms with E-state index in [-0.39, 0.29) is 6.04 Å². The molecule has 0 radical (unpaired) electrons. The van der Waals surface area contributed by atoms with Gasteiger partial charge in [0.2, 0.25) is 16.0 Å². The summed E-state index contributed by atoms with van der Waals surface area (Å²) in [6.07, 6.45) is 6.12. The van der Waals surface area contributed by atoms with Crippen LogP contribution >= 0.6 is 0 Å². The van der Waals surface area contributed by atoms with Crippen LogP contribution in [0.15, 0.2) is 12.4 Å². The number of H-pyrrole nitrogens is 1. The molecule has 0 aromatic carbocycles. The van der Waals surface area contributed by atoms with Crippen LogP contribution in [-0.2, 0) is 10.0 Å². The highest BCUT2D eigenvalue weighted by atomic mass is 32.2. The van der Waals surface area contributed by atoms with Crippen LogP contribution in [0.2, 0.25) is 0 Å². The van der Waals surface area contributed by atoms with Crippen molar-refractivity contribution < 1.29 is 8.42 Å². The number of aromatic nitrogens is 4. The van der Waals surface area contributed by atoms with E-state index in [2.05, 4.69) is 25.5 Å². The molecule has 1 fully saturated rings. The number of anilines is 1. The Kier molecular flexibility index (Phi) is 3.30. The molecule has 0 spiro atoms. The smallest absolute Gasteiger partial charge is 0.224 e. The first-order valence-electron chi connectivity index (χ1n) is 6.40. The third-order valence-corrected chi connectivity index (χ3v) is 4.75. The van der Waals surface area contributed by atoms with Gasteiger partial charge in [0.25, 0.3) is 0 Å². The summed E-state index contributed by atoms with van der Waals surface area (Å²) in [5, 5.41) is 10.8. The number of sulfonamides is 1. The van der Waals surface area contributed by atoms with E-state index in [0.717, 1.165) is 18.2 Å². The van der Waals surface area contributed by atoms with Crippen LogP contribution in [0.1, 0.15) is 12.8 Å². The summed E-state index contributed by atoms with van der Waals surface area (Å²) in [7, 11) is -3.08. The van der Waals surface area contributed by atoms with Crippen LogP contribution in [0.4, 0.5) is 5.95 Å². The van der Waals surface area contributed by atoms with Gasteiger partial charge in [-0.2, -0.15) is 10.1 Å². The zero-order chi connectivity index (χ0) is 14.2. The number of fused-ring (bicyclic) bond motifs is 1. The highest BCUT2D eigenvalue weighted by Gasteiger charge is 2.25. The first-order chi connectivity index (χ1) is 9.52. The van der Waals surface area contributed by atoms with Crippen molar-refractivity contribution >= 4 is 27.0 Å². The molecule has 108 valence electrons. The molecule has 0 bridgehead atoms. The Morgan fingerprint density at radius 3 is 2.80 bits per heavy atom. The number of piperidine rings is 1. The van der Waals surface area contributed by atoms with E-state index in [4.69, 9.17) is 0 Å². The van der Waals surface area contributed by atoms with Gasteiger partial charge in [-0.25, -0.2) is 17.7 Å². The Hall–Kier alpha value is -1.74. The zero-order valence-corrected chi connectivity index (χ0v) is 11.9. The molecule has 1 aliphatic heterocycles. The molecule has 0 unspecified atom stereocenters. The predicted molar refractivity (Wildman–Crippen MR) is 74.7 cm³/mol. The summed E-state index contributed by atoms with van der Waals surface area (Å²) in [5.74, 6) is 0.541. The minimum absolute atomic E-state index is 0.188. The van der Waals surface area contributed by atoms with Crippen LogP contribution in [0, 0.1) is 0 Å². The number of hydrogen-bond donors (Lipinski definition) is 2. The Bertz CT molecular complexity index is 705. The van der Waals surface area contributed by atoms with E-state index in [0.29, 0.717) is 24.7 Å². The molecule has 1 aliphatic rings. The van der Waals surface area contributed by atoms with Gasteiger partial charge in [-0.3, -0.25) is 5.10 Å². The van der Waals surface area contributed by atoms with Crippen LogP contribution < -0.4 is 5.32 Å². The van der Waals surface area contributed by atoms with E-state index in [9.17, 15) is 8.42 Å². The van der Waals surface area contributed by atoms with Gasteiger partial charge in [-0.1, -0.05) is 0 Å². The second-order valence-electron chi connectivity index (χ2n) is 4.95. The van der Waals surface area contributed by atoms with Crippen LogP contribution in [0.3, 0.4) is 0 Å². The van der Waals surface area contributed by atoms with Crippen molar-refractivity contribution in [1.29, 1.82) is 0 Å². The molecule has 0 saturated carbocycles. The van der Waals surface area contributed by atoms with E-state index in [1.165, 1.54) is 10.6 Å². The lowest BCUT2D eigenvalue weighted by Gasteiger charge is -2.30. The largest absolute Gasteiger partial charge is 0.351 e. The maximum atomic E-state index is 11.4. The molecule has 20 heavy (non-hydrogen) atoms. The van der Waals surface area contributed by atoms with Gasteiger partial charge in [0, 0.05) is 25.3 Å². The standard InChI is InChI=1S/C11H16N6O2S/c1-20(18,19)17-4-2-9(3-5-17)14-11-12-6-8-7-13-16-10(8)15-11/h6-7,9H,2-5H2,1H3,(H2,12,13,14,15,16). The fraction of sp³-hybridized carbons (Fsp3) is 0.545. The monoisotopic (exact) mass is 296 g/mol. The van der Waals surface area contributed by atoms with E-state index in [1.807, 2.05) is 0 Å². The molecule has 1 saturated heterocycles. The van der Waals surface area contributed by atoms with Crippen molar-refractivity contribution in [2.75, 3.05) is 24.7 Å². The Balaban J connectivity index is 1.64. The quantitative estimate of drug-likeness (QED) is 0.838. The number of aromatic amines is 1. The second kappa shape index (κ2) is 4.98. The Labute approximate surface area is 116 Å². The lowest BCUT2D eigenvalue weighted by Crippen LogP contribution is -2.42. The number of hydrogen-bond acceptors (Lipinski definition) is 6. The molecule has 9 heteroatoms. The summed E-state index contributed by atoms with van der Waals surface area (Å²) in [5.41, 5.74) is 0.691. The lowest BCUT2D eigenvalue weighted by molar-refractivity contribution is 0.331. The van der Waals surface area contributed by atoms with E-state index < -0.39 is 10.0 Å². The summed E-state index contributed by atoms with van der Waals surface area (Å²) in [6.45, 7) is 1.06. The normalized spacial score (nSPS) is 18.4. The van der Waals surface area contributed by atoms with Crippen molar-refractivity contribution in [3.63, 3.8) is 0 Å². The Morgan fingerprint density at radius 2 is 2.10 bits per heavy atom. The molecule has 0 atom stereocenters. The molecule has 0 aliphatic carbocycles. The minimum Gasteiger partial charge on any atom is -0.351 e. The van der Waals surface area contributed by atoms with Crippen LogP contribution in [0.5, 0.6) is 0 Å². The number of nitrogens with zero attached hydrogens (tertiary/aromatic N) is 4. The number of nitrogens with one attached hydrogen (secondary N) is 2. The molecule has 8 nitrogen and oxygen atoms in total. The van der Waals surface area contributed by atoms with Gasteiger partial charge < -0.3 is 5.32 Å². The summed E-state index contributed by atoms with van der Waals surface area (Å²) < 4.78 is 24.4. The van der Waals surface area contributed by atoms with Gasteiger partial charge in [-0.05, 0) is 12.8 Å². The van der Waals surface area contributed by atoms with Gasteiger partial charge in [0.1, 0.15) is 0 Å². The maximum absolute atomic E-state index is 11.4. The predicted octanol–water partition coefficient (Wildman–Crippen LogP) is 0.189. The van der Waals surface area contributed by atoms with Gasteiger partial charge in [0.05, 0.1) is 17.8 Å². The van der Waals surface area contributed by atoms with Crippen LogP contribution in [0.25, 0.3) is 11.0 Å². The second-order valence-corrected chi connectivity index (χ2v) is 6.93. The van der Waals surface area contributed by atoms with Gasteiger partial charge in [0.15, 0.2) is 5.65 Å². The lowest BCUT2D eigenvalue weighted by atomic mass is 10.1. The first-order valence-corrected chi connectivity index (χ1v) is 8.25. The fourth-order valence-electron chi connectivity index (χ4n) is 2.32. The fourth-order valence-corrected chi connectivity index (χ4v) is 3.20. The highest BCUT2D eigenvalue weighted by molar-refractivity contribution is 7.88. The Morgan fingerprint density at radius 1 is 1.35 bits per heavy atom. The molecule has 0 amide bonds. The van der Waals surface area contributed by atoms with E-state index in [1.54, 1.807) is 12.4 Å². The molecule has 2 aromatic rings. The molecule has 3 rings (SSSR count). The summed E-state index contributed by atoms with van der Waals surface area (Å²) >= 11 is 0. The molecular weight excluding hydrogens is 280 g/mol. The van der Waals surface area contributed by atoms with Crippen molar-refractivity contribution in [3.8, 4) is 0 Å². The van der Waals surface area contributed by atoms with Crippen molar-refractivity contribution in [2.24, 2.45) is 0 Å². The number of rotatable bonds is 3. The van der Waals surface area contributed by atoms with Crippen molar-refractivity contribution in [2.45, 2.75) is 18.9 Å². The summed E-state index contributed by atoms with van der Waals surface area (Å²) in [6, 6.07) is 0.188. The average Bonchev–Trinajstić information content (AvgIpc) is 2.86. The van der Waals surface area contributed by atoms with Gasteiger partial charge in [-0.15, -0.1) is 0 Å². The average molecular weight is 296 g/mol. The molecule has 3 heterocycles. The third-order valence-electron chi connectivity index (χ3n) is 3.45. The summed E-state index contributed by atoms with van der Waals surface area (Å²) in [4.78, 5) is 8.55. The van der Waals surface area contributed by atoms with Crippen molar-refractivity contribution in [3.05, 3.63) is 12.4 Å². The zero-order valence-electron chi connectivity index (χ0n) is 11.1. The van der Waals surface area contributed by atoms with Crippen LogP contribution in [-0.4, -0.2) is 58.3 Å². The third kappa shape index (κ3) is 2.73. The minimum atomic E-state index is -3.08. The van der Waals surface area contributed by atoms with E-state index >= 15 is 0 Å². The molecular formula is C11H16N6O2S. The topological polar surface area (TPSA) is 104 Å². The highest BCUT2D eigenvalue weighted by Crippen LogP contribution is 2.17. The first kappa shape index (κ1) is 13.3. The SMILES string of the molecule is CS(=O)(=O)N1CCC(Nc2ncc3cn[nH]c3n2)CC1. The molecule has 2 N–H and O–H groups in total.